The van der Waals surface area contributed by atoms with Crippen LogP contribution in [0.3, 0.4) is 0 Å². The van der Waals surface area contributed by atoms with Crippen molar-refractivity contribution in [1.29, 1.82) is 0 Å². The third-order valence-corrected chi connectivity index (χ3v) is 7.43. The summed E-state index contributed by atoms with van der Waals surface area (Å²) in [5.41, 5.74) is 1.69. The van der Waals surface area contributed by atoms with E-state index in [1.807, 2.05) is 19.6 Å². The van der Waals surface area contributed by atoms with E-state index in [4.69, 9.17) is 11.6 Å². The monoisotopic (exact) mass is 558 g/mol. The van der Waals surface area contributed by atoms with Gasteiger partial charge in [-0.1, -0.05) is 37.2 Å². The van der Waals surface area contributed by atoms with Crippen molar-refractivity contribution in [3.63, 3.8) is 0 Å². The van der Waals surface area contributed by atoms with Gasteiger partial charge < -0.3 is 19.9 Å². The molecule has 5 rings (SSSR count). The van der Waals surface area contributed by atoms with Gasteiger partial charge in [-0.2, -0.15) is 5.10 Å². The lowest BCUT2D eigenvalue weighted by molar-refractivity contribution is -0.148. The lowest BCUT2D eigenvalue weighted by atomic mass is 9.99. The maximum Gasteiger partial charge on any atom is 0.322 e. The van der Waals surface area contributed by atoms with E-state index >= 15 is 4.39 Å². The number of carbonyl (C=O) groups is 2. The molecule has 3 heterocycles. The predicted octanol–water partition coefficient (Wildman–Crippen LogP) is 3.73. The quantitative estimate of drug-likeness (QED) is 0.166. The molecule has 0 aliphatic heterocycles. The molecule has 3 aromatic heterocycles. The van der Waals surface area contributed by atoms with E-state index in [9.17, 15) is 24.2 Å². The van der Waals surface area contributed by atoms with Gasteiger partial charge >= 0.3 is 5.97 Å². The first-order chi connectivity index (χ1) is 17.8. The number of hydrogen-bond donors (Lipinski definition) is 4. The van der Waals surface area contributed by atoms with Crippen LogP contribution in [0.25, 0.3) is 27.8 Å². The average molecular weight is 559 g/mol. The van der Waals surface area contributed by atoms with Gasteiger partial charge in [-0.05, 0) is 0 Å². The number of fused-ring (bicyclic) bond motifs is 2. The van der Waals surface area contributed by atoms with Crippen LogP contribution in [0.4, 0.5) is 14.6 Å². The Balaban J connectivity index is 1.54. The zero-order valence-electron chi connectivity index (χ0n) is 20.3. The molecule has 38 heavy (non-hydrogen) atoms. The third kappa shape index (κ3) is 4.20. The Morgan fingerprint density at radius 3 is 2.68 bits per heavy atom. The Morgan fingerprint density at radius 2 is 2.05 bits per heavy atom. The lowest BCUT2D eigenvalue weighted by Gasteiger charge is -2.14. The Kier molecular flexibility index (Phi) is 6.01. The standard InChI is InChI=1S/C24H21ClF2N6O4Si/c1-38(2,3)5-4-13(34)18-20(27)19(25)17(11-7-29-32-21(11)18)12-9-33-10-15(30-16(33)8-28-12)31-22(35)24(23(36)37)6-14(24)26/h7-10,13-14,34H,6H2,1-3H3,(H,29,32)(H,31,35)(H,36,37)/t13?,14-,24-/m0/s1. The van der Waals surface area contributed by atoms with Gasteiger partial charge in [-0.3, -0.25) is 19.7 Å². The highest BCUT2D eigenvalue weighted by atomic mass is 35.5. The van der Waals surface area contributed by atoms with Gasteiger partial charge in [0.2, 0.25) is 5.91 Å². The number of aromatic amines is 1. The van der Waals surface area contributed by atoms with E-state index < -0.39 is 49.9 Å². The van der Waals surface area contributed by atoms with Crippen molar-refractivity contribution in [2.75, 3.05) is 5.32 Å². The molecule has 0 bridgehead atoms. The van der Waals surface area contributed by atoms with Gasteiger partial charge in [0.05, 0.1) is 40.4 Å². The minimum Gasteiger partial charge on any atom is -0.480 e. The number of halogens is 3. The van der Waals surface area contributed by atoms with Crippen LogP contribution >= 0.6 is 11.6 Å². The molecule has 0 spiro atoms. The number of anilines is 1. The number of nitrogens with one attached hydrogen (secondary N) is 2. The first-order valence-electron chi connectivity index (χ1n) is 11.4. The molecule has 4 aromatic rings. The van der Waals surface area contributed by atoms with Crippen LogP contribution in [0.5, 0.6) is 0 Å². The van der Waals surface area contributed by atoms with Gasteiger partial charge in [0.1, 0.15) is 20.3 Å². The third-order valence-electron chi connectivity index (χ3n) is 6.19. The van der Waals surface area contributed by atoms with E-state index in [-0.39, 0.29) is 38.8 Å². The topological polar surface area (TPSA) is 146 Å². The van der Waals surface area contributed by atoms with Crippen LogP contribution in [-0.2, 0) is 9.59 Å². The summed E-state index contributed by atoms with van der Waals surface area (Å²) in [4.78, 5) is 32.3. The molecule has 10 nitrogen and oxygen atoms in total. The van der Waals surface area contributed by atoms with Crippen LogP contribution in [0.2, 0.25) is 24.7 Å². The highest BCUT2D eigenvalue weighted by Gasteiger charge is 2.68. The number of carboxylic acids is 1. The smallest absolute Gasteiger partial charge is 0.322 e. The Labute approximate surface area is 220 Å². The molecule has 196 valence electrons. The SMILES string of the molecule is C[Si](C)(C)C#CC(O)c1c(F)c(Cl)c(-c2cn3cc(NC(=O)[C@]4(C(=O)O)C[C@@H]4F)nc3cn2)c2cn[nH]c12. The number of carboxylic acid groups (broad SMARTS) is 1. The summed E-state index contributed by atoms with van der Waals surface area (Å²) >= 11 is 6.45. The number of hydrogen-bond acceptors (Lipinski definition) is 6. The summed E-state index contributed by atoms with van der Waals surface area (Å²) in [6.45, 7) is 5.98. The minimum absolute atomic E-state index is 0.0150. The number of nitrogens with zero attached hydrogens (tertiary/aromatic N) is 4. The van der Waals surface area contributed by atoms with Crippen molar-refractivity contribution < 1.29 is 28.6 Å². The summed E-state index contributed by atoms with van der Waals surface area (Å²) in [5.74, 6) is -0.730. The van der Waals surface area contributed by atoms with Gasteiger partial charge in [0.15, 0.2) is 22.7 Å². The van der Waals surface area contributed by atoms with E-state index in [1.54, 1.807) is 0 Å². The predicted molar refractivity (Wildman–Crippen MR) is 137 cm³/mol. The number of aliphatic hydroxyl groups is 1. The number of alkyl halides is 1. The molecule has 1 amide bonds. The van der Waals surface area contributed by atoms with Crippen molar-refractivity contribution in [1.82, 2.24) is 24.6 Å². The van der Waals surface area contributed by atoms with Crippen LogP contribution in [-0.4, -0.2) is 60.9 Å². The maximum atomic E-state index is 15.5. The van der Waals surface area contributed by atoms with E-state index in [0.29, 0.717) is 5.39 Å². The van der Waals surface area contributed by atoms with E-state index in [2.05, 4.69) is 36.9 Å². The first-order valence-corrected chi connectivity index (χ1v) is 15.3. The second-order valence-corrected chi connectivity index (χ2v) is 15.2. The van der Waals surface area contributed by atoms with E-state index in [0.717, 1.165) is 0 Å². The molecular formula is C24H21ClF2N6O4Si. The number of benzene rings is 1. The molecule has 0 radical (unpaired) electrons. The number of aliphatic hydroxyl groups excluding tert-OH is 1. The molecule has 1 aliphatic rings. The number of rotatable bonds is 5. The normalized spacial score (nSPS) is 19.7. The fourth-order valence-electron chi connectivity index (χ4n) is 4.09. The molecule has 1 aromatic carbocycles. The van der Waals surface area contributed by atoms with Gasteiger partial charge in [0.25, 0.3) is 0 Å². The van der Waals surface area contributed by atoms with Gasteiger partial charge in [-0.25, -0.2) is 13.8 Å². The van der Waals surface area contributed by atoms with Crippen molar-refractivity contribution in [2.24, 2.45) is 5.41 Å². The van der Waals surface area contributed by atoms with Crippen molar-refractivity contribution in [3.05, 3.63) is 41.2 Å². The average Bonchev–Trinajstić information content (AvgIpc) is 3.14. The number of amides is 1. The highest BCUT2D eigenvalue weighted by molar-refractivity contribution is 6.83. The minimum atomic E-state index is -2.12. The van der Waals surface area contributed by atoms with Gasteiger partial charge in [-0.15, -0.1) is 5.54 Å². The number of carbonyl (C=O) groups excluding carboxylic acids is 1. The summed E-state index contributed by atoms with van der Waals surface area (Å²) in [7, 11) is -1.84. The van der Waals surface area contributed by atoms with Crippen LogP contribution in [0, 0.1) is 22.7 Å². The summed E-state index contributed by atoms with van der Waals surface area (Å²) < 4.78 is 30.7. The molecule has 1 aliphatic carbocycles. The van der Waals surface area contributed by atoms with Gasteiger partial charge in [0, 0.05) is 23.6 Å². The number of aliphatic carboxylic acids is 1. The second kappa shape index (κ2) is 8.86. The Hall–Kier alpha value is -3.86. The van der Waals surface area contributed by atoms with Crippen LogP contribution in [0.1, 0.15) is 18.1 Å². The molecular weight excluding hydrogens is 538 g/mol. The molecule has 14 heteroatoms. The van der Waals surface area contributed by atoms with Crippen molar-refractivity contribution >= 4 is 53.9 Å². The number of aromatic nitrogens is 5. The number of H-pyrrole nitrogens is 1. The fraction of sp³-hybridized carbons (Fsp3) is 0.292. The lowest BCUT2D eigenvalue weighted by Crippen LogP contribution is -2.33. The first kappa shape index (κ1) is 25.8. The van der Waals surface area contributed by atoms with Crippen molar-refractivity contribution in [2.45, 2.75) is 38.3 Å². The molecule has 1 unspecified atom stereocenters. The van der Waals surface area contributed by atoms with Crippen molar-refractivity contribution in [3.8, 4) is 22.7 Å². The molecule has 1 fully saturated rings. The number of imidazole rings is 1. The summed E-state index contributed by atoms with van der Waals surface area (Å²) in [6, 6.07) is 0. The Bertz CT molecular complexity index is 1710. The highest BCUT2D eigenvalue weighted by Crippen LogP contribution is 2.49. The molecule has 4 N–H and O–H groups in total. The zero-order chi connectivity index (χ0) is 27.6. The largest absolute Gasteiger partial charge is 0.480 e. The van der Waals surface area contributed by atoms with E-state index in [1.165, 1.54) is 29.2 Å². The summed E-state index contributed by atoms with van der Waals surface area (Å²) in [5, 5.41) is 29.1. The fourth-order valence-corrected chi connectivity index (χ4v) is 4.96. The summed E-state index contributed by atoms with van der Waals surface area (Å²) in [6.07, 6.45) is 2.01. The van der Waals surface area contributed by atoms with Crippen LogP contribution in [0.15, 0.2) is 24.8 Å². The molecule has 0 saturated heterocycles. The molecule has 3 atom stereocenters. The maximum absolute atomic E-state index is 15.5. The zero-order valence-corrected chi connectivity index (χ0v) is 22.1. The molecule has 1 saturated carbocycles. The second-order valence-electron chi connectivity index (χ2n) is 10.1. The van der Waals surface area contributed by atoms with Crippen LogP contribution < -0.4 is 5.32 Å². The Morgan fingerprint density at radius 1 is 1.34 bits per heavy atom.